The van der Waals surface area contributed by atoms with Crippen LogP contribution in [0.3, 0.4) is 0 Å². The first-order valence-electron chi connectivity index (χ1n) is 9.24. The van der Waals surface area contributed by atoms with Crippen molar-refractivity contribution in [3.63, 3.8) is 0 Å². The molecule has 0 radical (unpaired) electrons. The van der Waals surface area contributed by atoms with Gasteiger partial charge in [-0.05, 0) is 31.5 Å². The molecule has 0 spiro atoms. The smallest absolute Gasteiger partial charge is 0.256 e. The summed E-state index contributed by atoms with van der Waals surface area (Å²) < 4.78 is 34.6. The highest BCUT2D eigenvalue weighted by atomic mass is 32.2. The lowest BCUT2D eigenvalue weighted by molar-refractivity contribution is 0.239. The summed E-state index contributed by atoms with van der Waals surface area (Å²) in [5, 5.41) is -0.266. The summed E-state index contributed by atoms with van der Waals surface area (Å²) in [4.78, 5) is 21.0. The highest BCUT2D eigenvalue weighted by molar-refractivity contribution is 7.90. The van der Waals surface area contributed by atoms with Crippen molar-refractivity contribution in [1.82, 2.24) is 14.9 Å². The number of aromatic nitrogens is 2. The molecule has 0 saturated carbocycles. The van der Waals surface area contributed by atoms with Crippen LogP contribution in [0, 0.1) is 0 Å². The molecule has 28 heavy (non-hydrogen) atoms. The van der Waals surface area contributed by atoms with E-state index in [1.807, 2.05) is 32.0 Å². The van der Waals surface area contributed by atoms with E-state index in [4.69, 9.17) is 9.47 Å². The van der Waals surface area contributed by atoms with E-state index >= 15 is 0 Å². The van der Waals surface area contributed by atoms with Gasteiger partial charge in [0.2, 0.25) is 15.0 Å². The minimum atomic E-state index is -3.55. The lowest BCUT2D eigenvalue weighted by atomic mass is 10.1. The summed E-state index contributed by atoms with van der Waals surface area (Å²) in [7, 11) is -3.55. The van der Waals surface area contributed by atoms with Crippen molar-refractivity contribution in [2.75, 3.05) is 26.0 Å². The zero-order chi connectivity index (χ0) is 20.3. The number of H-pyrrole nitrogens is 1. The second kappa shape index (κ2) is 8.32. The fraction of sp³-hybridized carbons (Fsp3) is 0.474. The summed E-state index contributed by atoms with van der Waals surface area (Å²) in [5.41, 5.74) is 1.74. The number of nitrogens with one attached hydrogen (secondary N) is 1. The van der Waals surface area contributed by atoms with E-state index in [0.717, 1.165) is 11.8 Å². The molecule has 2 aromatic rings. The highest BCUT2D eigenvalue weighted by Crippen LogP contribution is 2.29. The SMILES string of the molecule is CCOc1ccc(CN2CCc3nc(S(C)(=O)=O)[nH]c(=O)c3C2)cc1OCC. The van der Waals surface area contributed by atoms with Gasteiger partial charge in [-0.2, -0.15) is 0 Å². The van der Waals surface area contributed by atoms with Crippen molar-refractivity contribution < 1.29 is 17.9 Å². The molecule has 0 amide bonds. The number of aromatic amines is 1. The fourth-order valence-corrected chi connectivity index (χ4v) is 3.77. The predicted octanol–water partition coefficient (Wildman–Crippen LogP) is 1.53. The predicted molar refractivity (Wildman–Crippen MR) is 105 cm³/mol. The number of benzene rings is 1. The van der Waals surface area contributed by atoms with E-state index < -0.39 is 15.4 Å². The van der Waals surface area contributed by atoms with Gasteiger partial charge in [0.1, 0.15) is 0 Å². The van der Waals surface area contributed by atoms with Crippen molar-refractivity contribution in [1.29, 1.82) is 0 Å². The van der Waals surface area contributed by atoms with Crippen molar-refractivity contribution >= 4 is 9.84 Å². The Balaban J connectivity index is 1.80. The minimum Gasteiger partial charge on any atom is -0.490 e. The molecule has 0 saturated heterocycles. The molecule has 9 heteroatoms. The highest BCUT2D eigenvalue weighted by Gasteiger charge is 2.23. The first-order valence-corrected chi connectivity index (χ1v) is 11.1. The molecular formula is C19H25N3O5S. The lowest BCUT2D eigenvalue weighted by Crippen LogP contribution is -2.36. The molecule has 1 aromatic heterocycles. The minimum absolute atomic E-state index is 0.266. The van der Waals surface area contributed by atoms with Gasteiger partial charge in [0.05, 0.1) is 24.5 Å². The molecule has 0 fully saturated rings. The molecule has 1 aromatic carbocycles. The van der Waals surface area contributed by atoms with Crippen LogP contribution in [0.5, 0.6) is 11.5 Å². The van der Waals surface area contributed by atoms with Crippen LogP contribution in [0.2, 0.25) is 0 Å². The number of ether oxygens (including phenoxy) is 2. The molecule has 8 nitrogen and oxygen atoms in total. The number of hydrogen-bond donors (Lipinski definition) is 1. The maximum Gasteiger partial charge on any atom is 0.256 e. The van der Waals surface area contributed by atoms with Crippen LogP contribution in [0.4, 0.5) is 0 Å². The summed E-state index contributed by atoms with van der Waals surface area (Å²) in [6.07, 6.45) is 1.56. The molecule has 2 heterocycles. The van der Waals surface area contributed by atoms with Crippen molar-refractivity contribution in [3.05, 3.63) is 45.4 Å². The number of nitrogens with zero attached hydrogens (tertiary/aromatic N) is 2. The van der Waals surface area contributed by atoms with Crippen molar-refractivity contribution in [3.8, 4) is 11.5 Å². The number of rotatable bonds is 7. The van der Waals surface area contributed by atoms with Crippen LogP contribution in [0.1, 0.15) is 30.7 Å². The first kappa shape index (κ1) is 20.3. The summed E-state index contributed by atoms with van der Waals surface area (Å²) in [6, 6.07) is 5.84. The average molecular weight is 407 g/mol. The van der Waals surface area contributed by atoms with E-state index in [-0.39, 0.29) is 5.16 Å². The quantitative estimate of drug-likeness (QED) is 0.695. The Kier molecular flexibility index (Phi) is 6.04. The maximum absolute atomic E-state index is 12.4. The Morgan fingerprint density at radius 3 is 2.57 bits per heavy atom. The second-order valence-electron chi connectivity index (χ2n) is 6.68. The van der Waals surface area contributed by atoms with Gasteiger partial charge in [-0.25, -0.2) is 13.4 Å². The number of hydrogen-bond acceptors (Lipinski definition) is 7. The van der Waals surface area contributed by atoms with Gasteiger partial charge in [-0.15, -0.1) is 0 Å². The van der Waals surface area contributed by atoms with Gasteiger partial charge < -0.3 is 9.47 Å². The summed E-state index contributed by atoms with van der Waals surface area (Å²) in [6.45, 7) is 6.70. The summed E-state index contributed by atoms with van der Waals surface area (Å²) >= 11 is 0. The zero-order valence-corrected chi connectivity index (χ0v) is 17.1. The van der Waals surface area contributed by atoms with Crippen molar-refractivity contribution in [2.24, 2.45) is 0 Å². The normalized spacial score (nSPS) is 14.5. The number of fused-ring (bicyclic) bond motifs is 1. The molecule has 3 rings (SSSR count). The molecule has 0 unspecified atom stereocenters. The molecule has 1 N–H and O–H groups in total. The van der Waals surface area contributed by atoms with E-state index in [1.165, 1.54) is 0 Å². The van der Waals surface area contributed by atoms with E-state index in [9.17, 15) is 13.2 Å². The lowest BCUT2D eigenvalue weighted by Gasteiger charge is -2.27. The Morgan fingerprint density at radius 1 is 1.18 bits per heavy atom. The van der Waals surface area contributed by atoms with Crippen LogP contribution in [-0.4, -0.2) is 49.3 Å². The maximum atomic E-state index is 12.4. The topological polar surface area (TPSA) is 102 Å². The van der Waals surface area contributed by atoms with E-state index in [2.05, 4.69) is 14.9 Å². The Morgan fingerprint density at radius 2 is 1.89 bits per heavy atom. The second-order valence-corrected chi connectivity index (χ2v) is 8.61. The molecule has 0 atom stereocenters. The Hall–Kier alpha value is -2.39. The van der Waals surface area contributed by atoms with Gasteiger partial charge in [0.25, 0.3) is 5.56 Å². The molecule has 1 aliphatic rings. The van der Waals surface area contributed by atoms with Crippen LogP contribution in [-0.2, 0) is 29.3 Å². The molecule has 1 aliphatic heterocycles. The van der Waals surface area contributed by atoms with Gasteiger partial charge >= 0.3 is 0 Å². The van der Waals surface area contributed by atoms with Crippen molar-refractivity contribution in [2.45, 2.75) is 38.5 Å². The summed E-state index contributed by atoms with van der Waals surface area (Å²) in [5.74, 6) is 1.42. The van der Waals surface area contributed by atoms with Gasteiger partial charge in [-0.1, -0.05) is 6.07 Å². The monoisotopic (exact) mass is 407 g/mol. The third-order valence-electron chi connectivity index (χ3n) is 4.49. The van der Waals surface area contributed by atoms with Crippen LogP contribution < -0.4 is 15.0 Å². The fourth-order valence-electron chi connectivity index (χ4n) is 3.22. The Bertz CT molecular complexity index is 1020. The zero-order valence-electron chi connectivity index (χ0n) is 16.3. The van der Waals surface area contributed by atoms with Crippen LogP contribution in [0.25, 0.3) is 0 Å². The number of sulfone groups is 1. The molecule has 0 bridgehead atoms. The third kappa shape index (κ3) is 4.53. The van der Waals surface area contributed by atoms with Gasteiger partial charge in [-0.3, -0.25) is 14.7 Å². The molecule has 152 valence electrons. The van der Waals surface area contributed by atoms with Crippen LogP contribution in [0.15, 0.2) is 28.2 Å². The third-order valence-corrected chi connectivity index (χ3v) is 5.39. The molecular weight excluding hydrogens is 382 g/mol. The van der Waals surface area contributed by atoms with Gasteiger partial charge in [0, 0.05) is 32.3 Å². The standard InChI is InChI=1S/C19H25N3O5S/c1-4-26-16-7-6-13(10-17(16)27-5-2)11-22-9-8-15-14(12-22)18(23)21-19(20-15)28(3,24)25/h6-7,10H,4-5,8-9,11-12H2,1-3H3,(H,20,21,23). The van der Waals surface area contributed by atoms with E-state index in [1.54, 1.807) is 0 Å². The van der Waals surface area contributed by atoms with E-state index in [0.29, 0.717) is 62.0 Å². The Labute approximate surface area is 164 Å². The van der Waals surface area contributed by atoms with Crippen LogP contribution >= 0.6 is 0 Å². The first-order chi connectivity index (χ1) is 13.3. The largest absolute Gasteiger partial charge is 0.490 e. The molecule has 0 aliphatic carbocycles. The van der Waals surface area contributed by atoms with Gasteiger partial charge in [0.15, 0.2) is 11.5 Å². The average Bonchev–Trinajstić information content (AvgIpc) is 2.64.